The monoisotopic (exact) mass is 339 g/mol. The molecular formula is C20H25N3O2. The van der Waals surface area contributed by atoms with E-state index in [1.165, 1.54) is 0 Å². The van der Waals surface area contributed by atoms with Gasteiger partial charge in [-0.05, 0) is 56.0 Å². The third-order valence-corrected chi connectivity index (χ3v) is 3.78. The predicted octanol–water partition coefficient (Wildman–Crippen LogP) is 3.17. The SMILES string of the molecule is Cc1cc(C)cc(NC(=O)N[C@@H](C)C(=O)NCCc2ccccc2)c1. The van der Waals surface area contributed by atoms with Gasteiger partial charge in [-0.1, -0.05) is 36.4 Å². The van der Waals surface area contributed by atoms with Crippen molar-refractivity contribution in [1.29, 1.82) is 0 Å². The second kappa shape index (κ2) is 8.87. The van der Waals surface area contributed by atoms with Crippen LogP contribution in [0.2, 0.25) is 0 Å². The molecule has 2 aromatic carbocycles. The van der Waals surface area contributed by atoms with Crippen molar-refractivity contribution in [2.45, 2.75) is 33.2 Å². The molecule has 0 spiro atoms. The second-order valence-electron chi connectivity index (χ2n) is 6.22. The number of anilines is 1. The molecule has 0 fully saturated rings. The third-order valence-electron chi connectivity index (χ3n) is 3.78. The first kappa shape index (κ1) is 18.5. The molecule has 0 saturated carbocycles. The summed E-state index contributed by atoms with van der Waals surface area (Å²) in [5.41, 5.74) is 4.02. The summed E-state index contributed by atoms with van der Waals surface area (Å²) in [6.07, 6.45) is 0.758. The summed E-state index contributed by atoms with van der Waals surface area (Å²) in [5, 5.41) is 8.25. The molecule has 0 heterocycles. The Balaban J connectivity index is 1.76. The van der Waals surface area contributed by atoms with Crippen molar-refractivity contribution in [1.82, 2.24) is 10.6 Å². The maximum Gasteiger partial charge on any atom is 0.319 e. The Morgan fingerprint density at radius 2 is 1.64 bits per heavy atom. The minimum atomic E-state index is -0.610. The second-order valence-corrected chi connectivity index (χ2v) is 6.22. The standard InChI is InChI=1S/C20H25N3O2/c1-14-11-15(2)13-18(12-14)23-20(25)22-16(3)19(24)21-10-9-17-7-5-4-6-8-17/h4-8,11-13,16H,9-10H2,1-3H3,(H,21,24)(H2,22,23,25)/t16-/m0/s1. The van der Waals surface area contributed by atoms with Crippen LogP contribution in [-0.4, -0.2) is 24.5 Å². The highest BCUT2D eigenvalue weighted by atomic mass is 16.2. The number of hydrogen-bond acceptors (Lipinski definition) is 2. The van der Waals surface area contributed by atoms with Gasteiger partial charge < -0.3 is 16.0 Å². The lowest BCUT2D eigenvalue weighted by molar-refractivity contribution is -0.122. The number of amides is 3. The van der Waals surface area contributed by atoms with Crippen molar-refractivity contribution in [3.05, 3.63) is 65.2 Å². The molecule has 2 aromatic rings. The molecule has 0 aliphatic heterocycles. The van der Waals surface area contributed by atoms with E-state index in [1.807, 2.05) is 62.4 Å². The number of carbonyl (C=O) groups excluding carboxylic acids is 2. The average molecular weight is 339 g/mol. The van der Waals surface area contributed by atoms with Gasteiger partial charge in [0.25, 0.3) is 0 Å². The Morgan fingerprint density at radius 1 is 1.00 bits per heavy atom. The average Bonchev–Trinajstić information content (AvgIpc) is 2.54. The Hall–Kier alpha value is -2.82. The summed E-state index contributed by atoms with van der Waals surface area (Å²) < 4.78 is 0. The smallest absolute Gasteiger partial charge is 0.319 e. The zero-order valence-corrected chi connectivity index (χ0v) is 14.9. The van der Waals surface area contributed by atoms with Gasteiger partial charge in [-0.2, -0.15) is 0 Å². The highest BCUT2D eigenvalue weighted by molar-refractivity contribution is 5.93. The van der Waals surface area contributed by atoms with Crippen molar-refractivity contribution >= 4 is 17.6 Å². The fourth-order valence-electron chi connectivity index (χ4n) is 2.60. The van der Waals surface area contributed by atoms with Gasteiger partial charge in [-0.3, -0.25) is 4.79 Å². The Labute approximate surface area is 148 Å². The van der Waals surface area contributed by atoms with Gasteiger partial charge in [0.05, 0.1) is 0 Å². The van der Waals surface area contributed by atoms with E-state index in [0.717, 1.165) is 23.1 Å². The van der Waals surface area contributed by atoms with Gasteiger partial charge in [0.15, 0.2) is 0 Å². The van der Waals surface area contributed by atoms with Gasteiger partial charge in [-0.25, -0.2) is 4.79 Å². The van der Waals surface area contributed by atoms with Crippen LogP contribution in [0.5, 0.6) is 0 Å². The van der Waals surface area contributed by atoms with Crippen LogP contribution in [0.1, 0.15) is 23.6 Å². The van der Waals surface area contributed by atoms with Crippen molar-refractivity contribution in [3.8, 4) is 0 Å². The van der Waals surface area contributed by atoms with Gasteiger partial charge in [0.2, 0.25) is 5.91 Å². The molecule has 0 aliphatic rings. The summed E-state index contributed by atoms with van der Waals surface area (Å²) in [4.78, 5) is 24.1. The normalized spacial score (nSPS) is 11.5. The van der Waals surface area contributed by atoms with Gasteiger partial charge >= 0.3 is 6.03 Å². The molecule has 0 radical (unpaired) electrons. The summed E-state index contributed by atoms with van der Waals surface area (Å²) in [6, 6.07) is 14.7. The first-order valence-electron chi connectivity index (χ1n) is 8.41. The predicted molar refractivity (Wildman–Crippen MR) is 101 cm³/mol. The van der Waals surface area contributed by atoms with Crippen molar-refractivity contribution in [2.75, 3.05) is 11.9 Å². The minimum absolute atomic E-state index is 0.202. The van der Waals surface area contributed by atoms with Crippen LogP contribution in [0.25, 0.3) is 0 Å². The molecule has 0 unspecified atom stereocenters. The van der Waals surface area contributed by atoms with Crippen molar-refractivity contribution in [2.24, 2.45) is 0 Å². The lowest BCUT2D eigenvalue weighted by atomic mass is 10.1. The molecule has 0 bridgehead atoms. The number of rotatable bonds is 6. The molecule has 5 heteroatoms. The van der Waals surface area contributed by atoms with E-state index < -0.39 is 12.1 Å². The lowest BCUT2D eigenvalue weighted by Crippen LogP contribution is -2.46. The lowest BCUT2D eigenvalue weighted by Gasteiger charge is -2.15. The van der Waals surface area contributed by atoms with Crippen LogP contribution < -0.4 is 16.0 Å². The molecule has 1 atom stereocenters. The van der Waals surface area contributed by atoms with E-state index >= 15 is 0 Å². The molecule has 132 valence electrons. The number of hydrogen-bond donors (Lipinski definition) is 3. The van der Waals surface area contributed by atoms with Gasteiger partial charge in [-0.15, -0.1) is 0 Å². The Kier molecular flexibility index (Phi) is 6.57. The van der Waals surface area contributed by atoms with Crippen LogP contribution in [0.4, 0.5) is 10.5 Å². The molecule has 2 rings (SSSR count). The Morgan fingerprint density at radius 3 is 2.28 bits per heavy atom. The van der Waals surface area contributed by atoms with Gasteiger partial charge in [0, 0.05) is 12.2 Å². The van der Waals surface area contributed by atoms with Crippen LogP contribution in [0.15, 0.2) is 48.5 Å². The molecule has 5 nitrogen and oxygen atoms in total. The molecule has 0 saturated heterocycles. The van der Waals surface area contributed by atoms with Crippen LogP contribution in [0.3, 0.4) is 0 Å². The fraction of sp³-hybridized carbons (Fsp3) is 0.300. The molecule has 3 N–H and O–H groups in total. The first-order chi connectivity index (χ1) is 11.9. The number of nitrogens with one attached hydrogen (secondary N) is 3. The number of urea groups is 1. The van der Waals surface area contributed by atoms with E-state index in [4.69, 9.17) is 0 Å². The zero-order valence-electron chi connectivity index (χ0n) is 14.9. The number of carbonyl (C=O) groups is 2. The number of benzene rings is 2. The van der Waals surface area contributed by atoms with Gasteiger partial charge in [0.1, 0.15) is 6.04 Å². The third kappa shape index (κ3) is 6.30. The summed E-state index contributed by atoms with van der Waals surface area (Å²) >= 11 is 0. The molecular weight excluding hydrogens is 314 g/mol. The van der Waals surface area contributed by atoms with E-state index in [0.29, 0.717) is 12.2 Å². The van der Waals surface area contributed by atoms with E-state index in [9.17, 15) is 9.59 Å². The largest absolute Gasteiger partial charge is 0.354 e. The highest BCUT2D eigenvalue weighted by Gasteiger charge is 2.15. The van der Waals surface area contributed by atoms with Crippen molar-refractivity contribution < 1.29 is 9.59 Å². The van der Waals surface area contributed by atoms with E-state index in [2.05, 4.69) is 16.0 Å². The highest BCUT2D eigenvalue weighted by Crippen LogP contribution is 2.13. The molecule has 3 amide bonds. The maximum absolute atomic E-state index is 12.1. The van der Waals surface area contributed by atoms with Crippen molar-refractivity contribution in [3.63, 3.8) is 0 Å². The van der Waals surface area contributed by atoms with Crippen LogP contribution >= 0.6 is 0 Å². The van der Waals surface area contributed by atoms with Crippen LogP contribution in [0, 0.1) is 13.8 Å². The molecule has 25 heavy (non-hydrogen) atoms. The van der Waals surface area contributed by atoms with E-state index in [-0.39, 0.29) is 5.91 Å². The quantitative estimate of drug-likeness (QED) is 0.756. The Bertz CT molecular complexity index is 709. The summed E-state index contributed by atoms with van der Waals surface area (Å²) in [5.74, 6) is -0.202. The topological polar surface area (TPSA) is 70.2 Å². The van der Waals surface area contributed by atoms with Crippen LogP contribution in [-0.2, 0) is 11.2 Å². The molecule has 0 aromatic heterocycles. The zero-order chi connectivity index (χ0) is 18.2. The van der Waals surface area contributed by atoms with E-state index in [1.54, 1.807) is 6.92 Å². The first-order valence-corrected chi connectivity index (χ1v) is 8.41. The summed E-state index contributed by atoms with van der Waals surface area (Å²) in [7, 11) is 0. The maximum atomic E-state index is 12.1. The molecule has 0 aliphatic carbocycles. The number of aryl methyl sites for hydroxylation is 2. The summed E-state index contributed by atoms with van der Waals surface area (Å²) in [6.45, 7) is 6.14. The fourth-order valence-corrected chi connectivity index (χ4v) is 2.60. The minimum Gasteiger partial charge on any atom is -0.354 e.